The Morgan fingerprint density at radius 1 is 1.35 bits per heavy atom. The maximum atomic E-state index is 12.1. The lowest BCUT2D eigenvalue weighted by Crippen LogP contribution is -2.50. The molecule has 0 bridgehead atoms. The van der Waals surface area contributed by atoms with Crippen molar-refractivity contribution in [3.63, 3.8) is 0 Å². The second-order valence-corrected chi connectivity index (χ2v) is 5.33. The van der Waals surface area contributed by atoms with E-state index in [-0.39, 0.29) is 6.54 Å². The molecule has 1 fully saturated rings. The van der Waals surface area contributed by atoms with E-state index in [9.17, 15) is 14.4 Å². The Hall–Kier alpha value is -3.08. The van der Waals surface area contributed by atoms with E-state index in [0.29, 0.717) is 22.7 Å². The van der Waals surface area contributed by atoms with Gasteiger partial charge in [-0.2, -0.15) is 10.3 Å². The first kappa shape index (κ1) is 16.3. The molecule has 23 heavy (non-hydrogen) atoms. The summed E-state index contributed by atoms with van der Waals surface area (Å²) < 4.78 is 0. The molecule has 8 heteroatoms. The Labute approximate surface area is 133 Å². The number of rotatable bonds is 5. The minimum absolute atomic E-state index is 0.119. The molecular formula is C15H17N5O3. The monoisotopic (exact) mass is 315 g/mol. The van der Waals surface area contributed by atoms with Crippen molar-refractivity contribution in [1.82, 2.24) is 15.8 Å². The molecule has 0 saturated carbocycles. The number of hydrogen-bond acceptors (Lipinski definition) is 5. The van der Waals surface area contributed by atoms with Gasteiger partial charge in [0.15, 0.2) is 0 Å². The van der Waals surface area contributed by atoms with Crippen molar-refractivity contribution >= 4 is 23.5 Å². The first-order valence-corrected chi connectivity index (χ1v) is 7.10. The zero-order valence-electron chi connectivity index (χ0n) is 12.8. The number of carbonyl (C=O) groups is 3. The van der Waals surface area contributed by atoms with Crippen LogP contribution < -0.4 is 16.1 Å². The summed E-state index contributed by atoms with van der Waals surface area (Å²) in [5, 5.41) is 14.8. The molecule has 120 valence electrons. The third-order valence-corrected chi connectivity index (χ3v) is 3.67. The van der Waals surface area contributed by atoms with Gasteiger partial charge in [0.25, 0.3) is 11.8 Å². The summed E-state index contributed by atoms with van der Waals surface area (Å²) in [5.74, 6) is -1.02. The second kappa shape index (κ2) is 6.36. The van der Waals surface area contributed by atoms with Crippen LogP contribution in [0.2, 0.25) is 0 Å². The van der Waals surface area contributed by atoms with Gasteiger partial charge in [0.1, 0.15) is 5.54 Å². The van der Waals surface area contributed by atoms with Gasteiger partial charge in [0.05, 0.1) is 18.2 Å². The van der Waals surface area contributed by atoms with Gasteiger partial charge in [-0.05, 0) is 37.6 Å². The number of nitrogens with one attached hydrogen (secondary N) is 3. The highest BCUT2D eigenvalue weighted by Gasteiger charge is 2.47. The number of hydrogen-bond donors (Lipinski definition) is 3. The summed E-state index contributed by atoms with van der Waals surface area (Å²) in [5.41, 5.74) is 2.44. The summed E-state index contributed by atoms with van der Waals surface area (Å²) in [4.78, 5) is 35.8. The highest BCUT2D eigenvalue weighted by atomic mass is 16.2. The number of amides is 4. The van der Waals surface area contributed by atoms with Gasteiger partial charge < -0.3 is 10.6 Å². The van der Waals surface area contributed by atoms with Crippen molar-refractivity contribution in [3.05, 3.63) is 29.8 Å². The lowest BCUT2D eigenvalue weighted by molar-refractivity contribution is -0.138. The molecule has 1 unspecified atom stereocenters. The fraction of sp³-hybridized carbons (Fsp3) is 0.333. The van der Waals surface area contributed by atoms with Crippen LogP contribution in [0.5, 0.6) is 0 Å². The number of nitriles is 1. The minimum Gasteiger partial charge on any atom is -0.376 e. The Morgan fingerprint density at radius 3 is 2.52 bits per heavy atom. The van der Waals surface area contributed by atoms with Gasteiger partial charge in [-0.15, -0.1) is 0 Å². The molecule has 1 atom stereocenters. The summed E-state index contributed by atoms with van der Waals surface area (Å²) in [6, 6.07) is 7.90. The molecule has 1 aliphatic heterocycles. The average molecular weight is 315 g/mol. The minimum atomic E-state index is -0.995. The highest BCUT2D eigenvalue weighted by molar-refractivity contribution is 6.07. The summed E-state index contributed by atoms with van der Waals surface area (Å²) in [6.45, 7) is 3.26. The van der Waals surface area contributed by atoms with Crippen LogP contribution in [0.15, 0.2) is 24.3 Å². The molecule has 1 aromatic carbocycles. The standard InChI is InChI=1S/C15H17N5O3/c1-3-15(2)13(22)20(14(23)18-15)19-12(21)9-17-11-6-4-10(8-16)5-7-11/h4-7,17H,3,9H2,1-2H3,(H,18,23)(H,19,21). The fourth-order valence-electron chi connectivity index (χ4n) is 2.03. The molecule has 8 nitrogen and oxygen atoms in total. The van der Waals surface area contributed by atoms with Gasteiger partial charge in [0, 0.05) is 5.69 Å². The Morgan fingerprint density at radius 2 is 2.00 bits per heavy atom. The maximum absolute atomic E-state index is 12.1. The largest absolute Gasteiger partial charge is 0.376 e. The van der Waals surface area contributed by atoms with E-state index in [1.54, 1.807) is 38.1 Å². The number of urea groups is 1. The summed E-state index contributed by atoms with van der Waals surface area (Å²) in [6.07, 6.45) is 0.424. The lowest BCUT2D eigenvalue weighted by atomic mass is 10.00. The van der Waals surface area contributed by atoms with Crippen LogP contribution in [-0.2, 0) is 9.59 Å². The molecule has 0 spiro atoms. The Balaban J connectivity index is 1.91. The maximum Gasteiger partial charge on any atom is 0.344 e. The van der Waals surface area contributed by atoms with Crippen molar-refractivity contribution in [3.8, 4) is 6.07 Å². The van der Waals surface area contributed by atoms with E-state index in [1.165, 1.54) is 0 Å². The number of imide groups is 1. The number of nitrogens with zero attached hydrogens (tertiary/aromatic N) is 2. The quantitative estimate of drug-likeness (QED) is 0.693. The van der Waals surface area contributed by atoms with Crippen LogP contribution in [0.1, 0.15) is 25.8 Å². The normalized spacial score (nSPS) is 20.0. The van der Waals surface area contributed by atoms with Crippen LogP contribution in [0.25, 0.3) is 0 Å². The Bertz CT molecular complexity index is 679. The van der Waals surface area contributed by atoms with Crippen molar-refractivity contribution in [2.75, 3.05) is 11.9 Å². The molecule has 1 aliphatic rings. The van der Waals surface area contributed by atoms with Gasteiger partial charge in [-0.25, -0.2) is 4.79 Å². The van der Waals surface area contributed by atoms with Crippen LogP contribution in [-0.4, -0.2) is 34.9 Å². The predicted molar refractivity (Wildman–Crippen MR) is 81.9 cm³/mol. The van der Waals surface area contributed by atoms with E-state index < -0.39 is 23.4 Å². The predicted octanol–water partition coefficient (Wildman–Crippen LogP) is 0.722. The van der Waals surface area contributed by atoms with Crippen molar-refractivity contribution < 1.29 is 14.4 Å². The number of hydrazine groups is 1. The van der Waals surface area contributed by atoms with Gasteiger partial charge in [-0.1, -0.05) is 6.92 Å². The number of benzene rings is 1. The molecular weight excluding hydrogens is 298 g/mol. The van der Waals surface area contributed by atoms with Gasteiger partial charge >= 0.3 is 6.03 Å². The average Bonchev–Trinajstić information content (AvgIpc) is 2.77. The van der Waals surface area contributed by atoms with E-state index in [1.807, 2.05) is 6.07 Å². The summed E-state index contributed by atoms with van der Waals surface area (Å²) in [7, 11) is 0. The molecule has 4 amide bonds. The molecule has 1 heterocycles. The van der Waals surface area contributed by atoms with Crippen LogP contribution in [0, 0.1) is 11.3 Å². The highest BCUT2D eigenvalue weighted by Crippen LogP contribution is 2.19. The molecule has 1 aromatic rings. The van der Waals surface area contributed by atoms with Gasteiger partial charge in [-0.3, -0.25) is 15.0 Å². The first-order valence-electron chi connectivity index (χ1n) is 7.10. The van der Waals surface area contributed by atoms with Crippen LogP contribution in [0.3, 0.4) is 0 Å². The third-order valence-electron chi connectivity index (χ3n) is 3.67. The van der Waals surface area contributed by atoms with Crippen LogP contribution in [0.4, 0.5) is 10.5 Å². The van der Waals surface area contributed by atoms with E-state index in [4.69, 9.17) is 5.26 Å². The molecule has 0 radical (unpaired) electrons. The van der Waals surface area contributed by atoms with Crippen molar-refractivity contribution in [2.24, 2.45) is 0 Å². The van der Waals surface area contributed by atoms with E-state index in [0.717, 1.165) is 0 Å². The third kappa shape index (κ3) is 3.40. The topological polar surface area (TPSA) is 114 Å². The zero-order valence-corrected chi connectivity index (χ0v) is 12.8. The Kier molecular flexibility index (Phi) is 4.50. The zero-order chi connectivity index (χ0) is 17.0. The van der Waals surface area contributed by atoms with Crippen molar-refractivity contribution in [1.29, 1.82) is 5.26 Å². The molecule has 3 N–H and O–H groups in total. The molecule has 1 saturated heterocycles. The smallest absolute Gasteiger partial charge is 0.344 e. The van der Waals surface area contributed by atoms with Crippen LogP contribution >= 0.6 is 0 Å². The van der Waals surface area contributed by atoms with E-state index in [2.05, 4.69) is 16.1 Å². The lowest BCUT2D eigenvalue weighted by Gasteiger charge is -2.19. The SMILES string of the molecule is CCC1(C)NC(=O)N(NC(=O)CNc2ccc(C#N)cc2)C1=O. The van der Waals surface area contributed by atoms with Gasteiger partial charge in [0.2, 0.25) is 0 Å². The number of carbonyl (C=O) groups excluding carboxylic acids is 3. The summed E-state index contributed by atoms with van der Waals surface area (Å²) >= 11 is 0. The molecule has 2 rings (SSSR count). The fourth-order valence-corrected chi connectivity index (χ4v) is 2.03. The molecule has 0 aromatic heterocycles. The van der Waals surface area contributed by atoms with E-state index >= 15 is 0 Å². The first-order chi connectivity index (χ1) is 10.9. The molecule has 0 aliphatic carbocycles. The van der Waals surface area contributed by atoms with Crippen molar-refractivity contribution in [2.45, 2.75) is 25.8 Å². The number of anilines is 1. The second-order valence-electron chi connectivity index (χ2n) is 5.33.